The molecule has 2 N–H and O–H groups in total. The van der Waals surface area contributed by atoms with E-state index in [1.165, 1.54) is 0 Å². The van der Waals surface area contributed by atoms with Crippen molar-refractivity contribution in [2.75, 3.05) is 17.2 Å². The number of nitrogens with one attached hydrogen (secondary N) is 2. The molecule has 0 fully saturated rings. The number of rotatable bonds is 7. The molecule has 2 rings (SSSR count). The lowest BCUT2D eigenvalue weighted by Crippen LogP contribution is -2.22. The molecule has 2 aromatic carbocycles. The maximum absolute atomic E-state index is 12.1. The van der Waals surface area contributed by atoms with Gasteiger partial charge >= 0.3 is 0 Å². The maximum atomic E-state index is 12.1. The largest absolute Gasteiger partial charge is 0.491 e. The smallest absolute Gasteiger partial charge is 0.243 e. The van der Waals surface area contributed by atoms with Crippen molar-refractivity contribution in [2.45, 2.75) is 26.4 Å². The number of benzene rings is 2. The lowest BCUT2D eigenvalue weighted by Gasteiger charge is -2.14. The van der Waals surface area contributed by atoms with Crippen molar-refractivity contribution in [2.24, 2.45) is 0 Å². The standard InChI is InChI=1S/C18H20Cl2N2O2/c1-3-12(2)24-15-6-4-5-14(10-15)22-18(23)11-21-17-8-7-13(19)9-16(17)20/h4-10,12,21H,3,11H2,1-2H3,(H,22,23). The first-order chi connectivity index (χ1) is 11.5. The third kappa shape index (κ3) is 5.62. The first kappa shape index (κ1) is 18.4. The second-order valence-electron chi connectivity index (χ2n) is 5.39. The normalized spacial score (nSPS) is 11.7. The van der Waals surface area contributed by atoms with Crippen molar-refractivity contribution in [1.82, 2.24) is 0 Å². The van der Waals surface area contributed by atoms with Crippen LogP contribution in [0.25, 0.3) is 0 Å². The van der Waals surface area contributed by atoms with Gasteiger partial charge in [0.1, 0.15) is 5.75 Å². The topological polar surface area (TPSA) is 50.4 Å². The van der Waals surface area contributed by atoms with Gasteiger partial charge in [-0.1, -0.05) is 36.2 Å². The SMILES string of the molecule is CCC(C)Oc1cccc(NC(=O)CNc2ccc(Cl)cc2Cl)c1. The van der Waals surface area contributed by atoms with Gasteiger partial charge in [-0.05, 0) is 43.7 Å². The van der Waals surface area contributed by atoms with Crippen LogP contribution in [-0.4, -0.2) is 18.6 Å². The van der Waals surface area contributed by atoms with Crippen LogP contribution in [0.1, 0.15) is 20.3 Å². The zero-order valence-electron chi connectivity index (χ0n) is 13.6. The van der Waals surface area contributed by atoms with Crippen LogP contribution in [-0.2, 0) is 4.79 Å². The van der Waals surface area contributed by atoms with Crippen LogP contribution in [0.3, 0.4) is 0 Å². The van der Waals surface area contributed by atoms with Gasteiger partial charge in [-0.25, -0.2) is 0 Å². The van der Waals surface area contributed by atoms with Crippen molar-refractivity contribution in [3.8, 4) is 5.75 Å². The molecular formula is C18H20Cl2N2O2. The fourth-order valence-corrected chi connectivity index (χ4v) is 2.45. The van der Waals surface area contributed by atoms with Gasteiger partial charge < -0.3 is 15.4 Å². The minimum absolute atomic E-state index is 0.0950. The Morgan fingerprint density at radius 3 is 2.71 bits per heavy atom. The number of hydrogen-bond acceptors (Lipinski definition) is 3. The Balaban J connectivity index is 1.91. The molecule has 0 aliphatic carbocycles. The lowest BCUT2D eigenvalue weighted by molar-refractivity contribution is -0.114. The van der Waals surface area contributed by atoms with Gasteiger partial charge in [0, 0.05) is 16.8 Å². The highest BCUT2D eigenvalue weighted by molar-refractivity contribution is 6.36. The average molecular weight is 367 g/mol. The van der Waals surface area contributed by atoms with Crippen LogP contribution < -0.4 is 15.4 Å². The molecule has 0 spiro atoms. The van der Waals surface area contributed by atoms with Crippen molar-refractivity contribution < 1.29 is 9.53 Å². The molecule has 0 bridgehead atoms. The molecule has 6 heteroatoms. The van der Waals surface area contributed by atoms with Crippen LogP contribution in [0.5, 0.6) is 5.75 Å². The molecule has 0 radical (unpaired) electrons. The Hall–Kier alpha value is -1.91. The predicted molar refractivity (Wildman–Crippen MR) is 100 cm³/mol. The van der Waals surface area contributed by atoms with E-state index in [0.29, 0.717) is 21.4 Å². The number of ether oxygens (including phenoxy) is 1. The summed E-state index contributed by atoms with van der Waals surface area (Å²) in [6.45, 7) is 4.16. The second-order valence-corrected chi connectivity index (χ2v) is 6.23. The molecule has 0 aromatic heterocycles. The van der Waals surface area contributed by atoms with Gasteiger partial charge in [-0.3, -0.25) is 4.79 Å². The van der Waals surface area contributed by atoms with Crippen LogP contribution in [0, 0.1) is 0 Å². The van der Waals surface area contributed by atoms with E-state index in [9.17, 15) is 4.79 Å². The fraction of sp³-hybridized carbons (Fsp3) is 0.278. The van der Waals surface area contributed by atoms with E-state index in [4.69, 9.17) is 27.9 Å². The van der Waals surface area contributed by atoms with Gasteiger partial charge in [0.15, 0.2) is 0 Å². The van der Waals surface area contributed by atoms with E-state index in [-0.39, 0.29) is 18.6 Å². The summed E-state index contributed by atoms with van der Waals surface area (Å²) < 4.78 is 5.75. The number of halogens is 2. The first-order valence-corrected chi connectivity index (χ1v) is 8.49. The molecule has 1 amide bonds. The Labute approximate surface area is 152 Å². The number of carbonyl (C=O) groups is 1. The number of anilines is 2. The summed E-state index contributed by atoms with van der Waals surface area (Å²) >= 11 is 11.9. The van der Waals surface area contributed by atoms with E-state index >= 15 is 0 Å². The molecule has 24 heavy (non-hydrogen) atoms. The average Bonchev–Trinajstić information content (AvgIpc) is 2.54. The van der Waals surface area contributed by atoms with Crippen molar-refractivity contribution in [1.29, 1.82) is 0 Å². The number of amides is 1. The third-order valence-corrected chi connectivity index (χ3v) is 3.95. The number of carbonyl (C=O) groups excluding carboxylic acids is 1. The summed E-state index contributed by atoms with van der Waals surface area (Å²) in [5.74, 6) is 0.553. The predicted octanol–water partition coefficient (Wildman–Crippen LogP) is 5.22. The molecule has 2 aromatic rings. The van der Waals surface area contributed by atoms with Gasteiger partial charge in [0.25, 0.3) is 0 Å². The number of hydrogen-bond donors (Lipinski definition) is 2. The van der Waals surface area contributed by atoms with Gasteiger partial charge in [-0.2, -0.15) is 0 Å². The fourth-order valence-electron chi connectivity index (χ4n) is 1.98. The summed E-state index contributed by atoms with van der Waals surface area (Å²) in [5.41, 5.74) is 1.34. The van der Waals surface area contributed by atoms with Gasteiger partial charge in [-0.15, -0.1) is 0 Å². The molecule has 4 nitrogen and oxygen atoms in total. The van der Waals surface area contributed by atoms with Crippen LogP contribution in [0.2, 0.25) is 10.0 Å². The maximum Gasteiger partial charge on any atom is 0.243 e. The quantitative estimate of drug-likeness (QED) is 0.705. The summed E-state index contributed by atoms with van der Waals surface area (Å²) in [5, 5.41) is 6.83. The summed E-state index contributed by atoms with van der Waals surface area (Å²) in [6.07, 6.45) is 1.05. The molecule has 0 heterocycles. The minimum Gasteiger partial charge on any atom is -0.491 e. The molecule has 0 saturated carbocycles. The van der Waals surface area contributed by atoms with Gasteiger partial charge in [0.05, 0.1) is 23.4 Å². The van der Waals surface area contributed by atoms with Crippen LogP contribution in [0.15, 0.2) is 42.5 Å². The molecule has 1 unspecified atom stereocenters. The van der Waals surface area contributed by atoms with Crippen LogP contribution in [0.4, 0.5) is 11.4 Å². The Bertz CT molecular complexity index is 707. The summed E-state index contributed by atoms with van der Waals surface area (Å²) in [7, 11) is 0. The highest BCUT2D eigenvalue weighted by Gasteiger charge is 2.07. The molecule has 0 aliphatic rings. The second kappa shape index (κ2) is 8.81. The van der Waals surface area contributed by atoms with Crippen molar-refractivity contribution in [3.63, 3.8) is 0 Å². The van der Waals surface area contributed by atoms with E-state index in [1.54, 1.807) is 24.3 Å². The first-order valence-electron chi connectivity index (χ1n) is 7.73. The van der Waals surface area contributed by atoms with Gasteiger partial charge in [0.2, 0.25) is 5.91 Å². The highest BCUT2D eigenvalue weighted by Crippen LogP contribution is 2.25. The minimum atomic E-state index is -0.179. The molecule has 0 saturated heterocycles. The highest BCUT2D eigenvalue weighted by atomic mass is 35.5. The molecule has 1 atom stereocenters. The Morgan fingerprint density at radius 1 is 1.21 bits per heavy atom. The summed E-state index contributed by atoms with van der Waals surface area (Å²) in [4.78, 5) is 12.1. The third-order valence-electron chi connectivity index (χ3n) is 3.40. The van der Waals surface area contributed by atoms with Crippen molar-refractivity contribution >= 4 is 40.5 Å². The molecule has 128 valence electrons. The Kier molecular flexibility index (Phi) is 6.76. The van der Waals surface area contributed by atoms with E-state index in [2.05, 4.69) is 17.6 Å². The monoisotopic (exact) mass is 366 g/mol. The zero-order valence-corrected chi connectivity index (χ0v) is 15.1. The molecule has 0 aliphatic heterocycles. The molecular weight excluding hydrogens is 347 g/mol. The Morgan fingerprint density at radius 2 is 2.00 bits per heavy atom. The van der Waals surface area contributed by atoms with Crippen LogP contribution >= 0.6 is 23.2 Å². The van der Waals surface area contributed by atoms with E-state index in [1.807, 2.05) is 25.1 Å². The summed E-state index contributed by atoms with van der Waals surface area (Å²) in [6, 6.07) is 12.4. The zero-order chi connectivity index (χ0) is 17.5. The van der Waals surface area contributed by atoms with E-state index in [0.717, 1.165) is 12.2 Å². The van der Waals surface area contributed by atoms with E-state index < -0.39 is 0 Å². The lowest BCUT2D eigenvalue weighted by atomic mass is 10.2. The van der Waals surface area contributed by atoms with Crippen molar-refractivity contribution in [3.05, 3.63) is 52.5 Å².